The molecule has 5 heteroatoms. The molecule has 24 heavy (non-hydrogen) atoms. The fraction of sp³-hybridized carbons (Fsp3) is 0.474. The van der Waals surface area contributed by atoms with E-state index in [1.807, 2.05) is 9.58 Å². The minimum absolute atomic E-state index is 0.0564. The molecule has 4 nitrogen and oxygen atoms in total. The fourth-order valence-electron chi connectivity index (χ4n) is 3.77. The summed E-state index contributed by atoms with van der Waals surface area (Å²) in [6, 6.07) is 6.31. The molecule has 2 aliphatic rings. The van der Waals surface area contributed by atoms with Gasteiger partial charge in [0.15, 0.2) is 5.69 Å². The lowest BCUT2D eigenvalue weighted by molar-refractivity contribution is 0.0689. The molecule has 0 atom stereocenters. The van der Waals surface area contributed by atoms with Crippen molar-refractivity contribution in [1.29, 1.82) is 0 Å². The average molecular weight is 327 g/mol. The van der Waals surface area contributed by atoms with E-state index in [-0.39, 0.29) is 11.7 Å². The Bertz CT molecular complexity index is 758. The van der Waals surface area contributed by atoms with Crippen LogP contribution in [0.3, 0.4) is 0 Å². The highest BCUT2D eigenvalue weighted by Gasteiger charge is 2.30. The summed E-state index contributed by atoms with van der Waals surface area (Å²) in [6.07, 6.45) is 5.00. The lowest BCUT2D eigenvalue weighted by Crippen LogP contribution is -2.38. The molecule has 1 aliphatic carbocycles. The van der Waals surface area contributed by atoms with E-state index in [1.165, 1.54) is 12.1 Å². The SMILES string of the molecule is CC1CCN(C(=O)c2nn(-c3ccc(F)cc3)c3c2CCC3)CC1. The number of carbonyl (C=O) groups excluding carboxylic acids is 1. The molecule has 0 N–H and O–H groups in total. The first kappa shape index (κ1) is 15.4. The number of likely N-dealkylation sites (tertiary alicyclic amines) is 1. The molecule has 0 unspecified atom stereocenters. The Morgan fingerprint density at radius 3 is 2.58 bits per heavy atom. The van der Waals surface area contributed by atoms with Gasteiger partial charge in [-0.05, 0) is 62.3 Å². The Kier molecular flexibility index (Phi) is 3.87. The number of carbonyl (C=O) groups is 1. The van der Waals surface area contributed by atoms with Crippen LogP contribution in [0, 0.1) is 11.7 Å². The van der Waals surface area contributed by atoms with Gasteiger partial charge >= 0.3 is 0 Å². The van der Waals surface area contributed by atoms with Crippen LogP contribution in [-0.2, 0) is 12.8 Å². The minimum atomic E-state index is -0.263. The average Bonchev–Trinajstić information content (AvgIpc) is 3.18. The number of benzene rings is 1. The molecule has 1 fully saturated rings. The van der Waals surface area contributed by atoms with Crippen molar-refractivity contribution in [3.8, 4) is 5.69 Å². The van der Waals surface area contributed by atoms with Crippen LogP contribution < -0.4 is 0 Å². The van der Waals surface area contributed by atoms with Crippen molar-refractivity contribution in [3.63, 3.8) is 0 Å². The summed E-state index contributed by atoms with van der Waals surface area (Å²) in [5, 5.41) is 4.63. The monoisotopic (exact) mass is 327 g/mol. The molecule has 0 radical (unpaired) electrons. The zero-order valence-corrected chi connectivity index (χ0v) is 14.0. The Balaban J connectivity index is 1.68. The quantitative estimate of drug-likeness (QED) is 0.848. The summed E-state index contributed by atoms with van der Waals surface area (Å²) >= 11 is 0. The molecule has 4 rings (SSSR count). The Morgan fingerprint density at radius 2 is 1.88 bits per heavy atom. The number of hydrogen-bond acceptors (Lipinski definition) is 2. The van der Waals surface area contributed by atoms with Crippen molar-refractivity contribution in [2.24, 2.45) is 5.92 Å². The van der Waals surface area contributed by atoms with Gasteiger partial charge in [0.05, 0.1) is 5.69 Å². The molecule has 0 bridgehead atoms. The summed E-state index contributed by atoms with van der Waals surface area (Å²) in [5.41, 5.74) is 3.61. The van der Waals surface area contributed by atoms with Crippen LogP contribution in [0.5, 0.6) is 0 Å². The molecule has 0 spiro atoms. The summed E-state index contributed by atoms with van der Waals surface area (Å²) in [5.74, 6) is 0.485. The first-order valence-electron chi connectivity index (χ1n) is 8.79. The van der Waals surface area contributed by atoms with Gasteiger partial charge in [-0.2, -0.15) is 5.10 Å². The molecule has 1 saturated heterocycles. The summed E-state index contributed by atoms with van der Waals surface area (Å²) in [7, 11) is 0. The number of nitrogens with zero attached hydrogens (tertiary/aromatic N) is 3. The van der Waals surface area contributed by atoms with Crippen LogP contribution in [0.2, 0.25) is 0 Å². The molecule has 1 aliphatic heterocycles. The van der Waals surface area contributed by atoms with E-state index in [0.29, 0.717) is 11.6 Å². The molecule has 2 aromatic rings. The third kappa shape index (κ3) is 2.62. The highest BCUT2D eigenvalue weighted by molar-refractivity contribution is 5.94. The smallest absolute Gasteiger partial charge is 0.274 e. The van der Waals surface area contributed by atoms with Crippen molar-refractivity contribution in [3.05, 3.63) is 47.0 Å². The molecule has 1 amide bonds. The number of aromatic nitrogens is 2. The molecule has 126 valence electrons. The zero-order chi connectivity index (χ0) is 16.7. The number of rotatable bonds is 2. The van der Waals surface area contributed by atoms with E-state index in [2.05, 4.69) is 12.0 Å². The van der Waals surface area contributed by atoms with E-state index in [9.17, 15) is 9.18 Å². The number of hydrogen-bond donors (Lipinski definition) is 0. The van der Waals surface area contributed by atoms with Gasteiger partial charge in [0.25, 0.3) is 5.91 Å². The maximum Gasteiger partial charge on any atom is 0.274 e. The predicted octanol–water partition coefficient (Wildman–Crippen LogP) is 3.37. The van der Waals surface area contributed by atoms with E-state index < -0.39 is 0 Å². The van der Waals surface area contributed by atoms with Crippen molar-refractivity contribution in [2.75, 3.05) is 13.1 Å². The normalized spacial score (nSPS) is 18.0. The van der Waals surface area contributed by atoms with Crippen LogP contribution in [-0.4, -0.2) is 33.7 Å². The standard InChI is InChI=1S/C19H22FN3O/c1-13-9-11-22(12-10-13)19(24)18-16-3-2-4-17(16)23(21-18)15-7-5-14(20)6-8-15/h5-8,13H,2-4,9-12H2,1H3. The largest absolute Gasteiger partial charge is 0.337 e. The topological polar surface area (TPSA) is 38.1 Å². The van der Waals surface area contributed by atoms with Gasteiger partial charge in [0, 0.05) is 24.3 Å². The van der Waals surface area contributed by atoms with Gasteiger partial charge in [-0.15, -0.1) is 0 Å². The van der Waals surface area contributed by atoms with Crippen LogP contribution in [0.4, 0.5) is 4.39 Å². The minimum Gasteiger partial charge on any atom is -0.337 e. The number of halogens is 1. The van der Waals surface area contributed by atoms with E-state index in [4.69, 9.17) is 0 Å². The van der Waals surface area contributed by atoms with Crippen molar-refractivity contribution in [2.45, 2.75) is 39.0 Å². The van der Waals surface area contributed by atoms with Gasteiger partial charge in [0.1, 0.15) is 5.82 Å². The predicted molar refractivity (Wildman–Crippen MR) is 89.8 cm³/mol. The van der Waals surface area contributed by atoms with Crippen LogP contribution in [0.15, 0.2) is 24.3 Å². The second kappa shape index (κ2) is 6.04. The third-order valence-corrected chi connectivity index (χ3v) is 5.27. The molecular formula is C19H22FN3O. The van der Waals surface area contributed by atoms with Crippen molar-refractivity contribution >= 4 is 5.91 Å². The third-order valence-electron chi connectivity index (χ3n) is 5.27. The molecule has 2 heterocycles. The van der Waals surface area contributed by atoms with Gasteiger partial charge in [0.2, 0.25) is 0 Å². The number of amides is 1. The van der Waals surface area contributed by atoms with E-state index in [0.717, 1.165) is 62.1 Å². The zero-order valence-electron chi connectivity index (χ0n) is 14.0. The second-order valence-electron chi connectivity index (χ2n) is 6.99. The molecule has 1 aromatic carbocycles. The second-order valence-corrected chi connectivity index (χ2v) is 6.99. The molecule has 1 aromatic heterocycles. The number of piperidine rings is 1. The summed E-state index contributed by atoms with van der Waals surface area (Å²) in [4.78, 5) is 14.9. The maximum atomic E-state index is 13.2. The highest BCUT2D eigenvalue weighted by Crippen LogP contribution is 2.29. The van der Waals surface area contributed by atoms with Gasteiger partial charge in [-0.1, -0.05) is 6.92 Å². The van der Waals surface area contributed by atoms with Gasteiger partial charge < -0.3 is 4.90 Å². The first-order valence-corrected chi connectivity index (χ1v) is 8.79. The van der Waals surface area contributed by atoms with E-state index in [1.54, 1.807) is 12.1 Å². The molecule has 0 saturated carbocycles. The maximum absolute atomic E-state index is 13.2. The first-order chi connectivity index (χ1) is 11.6. The van der Waals surface area contributed by atoms with Crippen molar-refractivity contribution < 1.29 is 9.18 Å². The summed E-state index contributed by atoms with van der Waals surface area (Å²) < 4.78 is 15.0. The number of fused-ring (bicyclic) bond motifs is 1. The lowest BCUT2D eigenvalue weighted by Gasteiger charge is -2.29. The van der Waals surface area contributed by atoms with Gasteiger partial charge in [-0.3, -0.25) is 4.79 Å². The van der Waals surface area contributed by atoms with Crippen LogP contribution in [0.1, 0.15) is 47.9 Å². The highest BCUT2D eigenvalue weighted by atomic mass is 19.1. The van der Waals surface area contributed by atoms with Crippen LogP contribution >= 0.6 is 0 Å². The lowest BCUT2D eigenvalue weighted by atomic mass is 9.99. The Morgan fingerprint density at radius 1 is 1.17 bits per heavy atom. The van der Waals surface area contributed by atoms with E-state index >= 15 is 0 Å². The fourth-order valence-corrected chi connectivity index (χ4v) is 3.77. The van der Waals surface area contributed by atoms with Crippen LogP contribution in [0.25, 0.3) is 5.69 Å². The van der Waals surface area contributed by atoms with Gasteiger partial charge in [-0.25, -0.2) is 9.07 Å². The Hall–Kier alpha value is -2.17. The van der Waals surface area contributed by atoms with Crippen molar-refractivity contribution in [1.82, 2.24) is 14.7 Å². The summed E-state index contributed by atoms with van der Waals surface area (Å²) in [6.45, 7) is 3.87. The Labute approximate surface area is 141 Å². The molecular weight excluding hydrogens is 305 g/mol.